The van der Waals surface area contributed by atoms with E-state index in [-0.39, 0.29) is 5.69 Å². The first-order valence-electron chi connectivity index (χ1n) is 8.67. The van der Waals surface area contributed by atoms with E-state index in [1.54, 1.807) is 14.1 Å². The van der Waals surface area contributed by atoms with E-state index in [2.05, 4.69) is 15.4 Å². The van der Waals surface area contributed by atoms with Crippen LogP contribution in [0, 0.1) is 13.8 Å². The smallest absolute Gasteiger partial charge is 0.368 e. The van der Waals surface area contributed by atoms with Crippen LogP contribution in [0.25, 0.3) is 5.69 Å². The molecule has 3 rings (SSSR count). The highest BCUT2D eigenvalue weighted by atomic mass is 16.5. The zero-order valence-electron chi connectivity index (χ0n) is 16.2. The van der Waals surface area contributed by atoms with E-state index in [1.807, 2.05) is 57.2 Å². The van der Waals surface area contributed by atoms with Gasteiger partial charge in [0, 0.05) is 25.4 Å². The fourth-order valence-corrected chi connectivity index (χ4v) is 2.80. The fourth-order valence-electron chi connectivity index (χ4n) is 2.80. The maximum Gasteiger partial charge on any atom is 0.368 e. The summed E-state index contributed by atoms with van der Waals surface area (Å²) in [5, 5.41) is 7.75. The molecule has 0 radical (unpaired) electrons. The maximum absolute atomic E-state index is 12.3. The molecule has 2 aromatic carbocycles. The number of ether oxygens (including phenoxy) is 1. The maximum atomic E-state index is 12.3. The van der Waals surface area contributed by atoms with Gasteiger partial charge < -0.3 is 4.74 Å². The van der Waals surface area contributed by atoms with Crippen LogP contribution in [0.15, 0.2) is 46.2 Å². The second-order valence-electron chi connectivity index (χ2n) is 6.45. The van der Waals surface area contributed by atoms with Gasteiger partial charge in [-0.25, -0.2) is 4.79 Å². The number of rotatable bonds is 5. The van der Waals surface area contributed by atoms with E-state index in [1.165, 1.54) is 9.36 Å². The molecule has 3 aromatic rings. The Morgan fingerprint density at radius 1 is 1.15 bits per heavy atom. The van der Waals surface area contributed by atoms with Crippen LogP contribution >= 0.6 is 0 Å². The lowest BCUT2D eigenvalue weighted by Crippen LogP contribution is -2.23. The molecule has 0 bridgehead atoms. The molecule has 1 aromatic heterocycles. The summed E-state index contributed by atoms with van der Waals surface area (Å²) >= 11 is 0. The standard InChI is InChI=1S/C20H23N5O2/c1-13-7-6-8-18(25-20(26)24(5)22-23-25)17(13)12-27-19-11-16(15(3)21-4)10-9-14(19)2/h6-11H,12H2,1-5H3. The molecule has 0 fully saturated rings. The van der Waals surface area contributed by atoms with E-state index in [9.17, 15) is 4.79 Å². The molecule has 0 amide bonds. The van der Waals surface area contributed by atoms with Gasteiger partial charge in [0.25, 0.3) is 0 Å². The van der Waals surface area contributed by atoms with E-state index in [0.717, 1.165) is 33.7 Å². The number of hydrogen-bond donors (Lipinski definition) is 0. The van der Waals surface area contributed by atoms with Crippen molar-refractivity contribution >= 4 is 5.71 Å². The van der Waals surface area contributed by atoms with Crippen molar-refractivity contribution in [1.29, 1.82) is 0 Å². The molecule has 0 saturated carbocycles. The molecule has 7 nitrogen and oxygen atoms in total. The first kappa shape index (κ1) is 18.6. The Morgan fingerprint density at radius 2 is 1.93 bits per heavy atom. The zero-order valence-corrected chi connectivity index (χ0v) is 16.2. The molecule has 1 heterocycles. The van der Waals surface area contributed by atoms with E-state index < -0.39 is 0 Å². The Hall–Kier alpha value is -3.22. The van der Waals surface area contributed by atoms with Crippen molar-refractivity contribution in [2.75, 3.05) is 7.05 Å². The van der Waals surface area contributed by atoms with Gasteiger partial charge in [0.15, 0.2) is 0 Å². The number of nitrogens with zero attached hydrogens (tertiary/aromatic N) is 5. The highest BCUT2D eigenvalue weighted by Gasteiger charge is 2.14. The lowest BCUT2D eigenvalue weighted by atomic mass is 10.1. The van der Waals surface area contributed by atoms with Gasteiger partial charge in [0.1, 0.15) is 12.4 Å². The Bertz CT molecular complexity index is 1060. The Balaban J connectivity index is 1.96. The second kappa shape index (κ2) is 7.57. The molecular formula is C20H23N5O2. The Labute approximate surface area is 157 Å². The van der Waals surface area contributed by atoms with Crippen LogP contribution in [0.3, 0.4) is 0 Å². The van der Waals surface area contributed by atoms with Gasteiger partial charge in [-0.05, 0) is 60.0 Å². The van der Waals surface area contributed by atoms with Crippen molar-refractivity contribution in [1.82, 2.24) is 19.8 Å². The lowest BCUT2D eigenvalue weighted by Gasteiger charge is -2.15. The second-order valence-corrected chi connectivity index (χ2v) is 6.45. The monoisotopic (exact) mass is 365 g/mol. The summed E-state index contributed by atoms with van der Waals surface area (Å²) in [5.41, 5.74) is 5.30. The summed E-state index contributed by atoms with van der Waals surface area (Å²) < 4.78 is 8.62. The Morgan fingerprint density at radius 3 is 2.59 bits per heavy atom. The number of benzene rings is 2. The van der Waals surface area contributed by atoms with Crippen LogP contribution in [0.2, 0.25) is 0 Å². The summed E-state index contributed by atoms with van der Waals surface area (Å²) in [7, 11) is 3.35. The molecule has 0 N–H and O–H groups in total. The van der Waals surface area contributed by atoms with E-state index in [4.69, 9.17) is 4.74 Å². The molecule has 0 spiro atoms. The third-order valence-electron chi connectivity index (χ3n) is 4.65. The molecule has 7 heteroatoms. The molecule has 0 saturated heterocycles. The molecule has 0 atom stereocenters. The summed E-state index contributed by atoms with van der Waals surface area (Å²) in [5.74, 6) is 0.788. The molecule has 0 aliphatic rings. The number of aliphatic imine (C=N–C) groups is 1. The van der Waals surface area contributed by atoms with Crippen molar-refractivity contribution < 1.29 is 4.74 Å². The van der Waals surface area contributed by atoms with Crippen molar-refractivity contribution in [3.8, 4) is 11.4 Å². The predicted octanol–water partition coefficient (Wildman–Crippen LogP) is 2.60. The zero-order chi connectivity index (χ0) is 19.6. The number of tetrazole rings is 1. The van der Waals surface area contributed by atoms with Crippen LogP contribution < -0.4 is 10.4 Å². The van der Waals surface area contributed by atoms with Crippen molar-refractivity contribution in [3.05, 3.63) is 69.1 Å². The quantitative estimate of drug-likeness (QED) is 0.652. The molecular weight excluding hydrogens is 342 g/mol. The van der Waals surface area contributed by atoms with E-state index in [0.29, 0.717) is 12.3 Å². The SMILES string of the molecule is CN=C(C)c1ccc(C)c(OCc2c(C)cccc2-n2nnn(C)c2=O)c1. The van der Waals surface area contributed by atoms with Crippen molar-refractivity contribution in [3.63, 3.8) is 0 Å². The highest BCUT2D eigenvalue weighted by Crippen LogP contribution is 2.24. The van der Waals surface area contributed by atoms with E-state index >= 15 is 0 Å². The van der Waals surface area contributed by atoms with Crippen LogP contribution in [0.1, 0.15) is 29.2 Å². The van der Waals surface area contributed by atoms with Gasteiger partial charge in [0.05, 0.1) is 5.69 Å². The van der Waals surface area contributed by atoms with Gasteiger partial charge in [-0.2, -0.15) is 9.36 Å². The first-order valence-corrected chi connectivity index (χ1v) is 8.67. The minimum absolute atomic E-state index is 0.296. The number of aryl methyl sites for hydroxylation is 3. The third kappa shape index (κ3) is 3.67. The average molecular weight is 365 g/mol. The predicted molar refractivity (Wildman–Crippen MR) is 105 cm³/mol. The topological polar surface area (TPSA) is 74.3 Å². The van der Waals surface area contributed by atoms with Crippen molar-refractivity contribution in [2.45, 2.75) is 27.4 Å². The van der Waals surface area contributed by atoms with Crippen molar-refractivity contribution in [2.24, 2.45) is 12.0 Å². The summed E-state index contributed by atoms with van der Waals surface area (Å²) in [6.07, 6.45) is 0. The molecule has 0 aliphatic heterocycles. The van der Waals surface area contributed by atoms with Crippen LogP contribution in [0.4, 0.5) is 0 Å². The van der Waals surface area contributed by atoms with Gasteiger partial charge in [-0.1, -0.05) is 24.3 Å². The summed E-state index contributed by atoms with van der Waals surface area (Å²) in [6.45, 7) is 6.27. The lowest BCUT2D eigenvalue weighted by molar-refractivity contribution is 0.302. The normalized spacial score (nSPS) is 11.7. The Kier molecular flexibility index (Phi) is 5.21. The largest absolute Gasteiger partial charge is 0.489 e. The van der Waals surface area contributed by atoms with Crippen LogP contribution in [-0.2, 0) is 13.7 Å². The van der Waals surface area contributed by atoms with Gasteiger partial charge >= 0.3 is 5.69 Å². The highest BCUT2D eigenvalue weighted by molar-refractivity contribution is 5.99. The average Bonchev–Trinajstić information content (AvgIpc) is 3.00. The number of aromatic nitrogens is 4. The molecule has 0 unspecified atom stereocenters. The fraction of sp³-hybridized carbons (Fsp3) is 0.300. The summed E-state index contributed by atoms with van der Waals surface area (Å²) in [6, 6.07) is 11.8. The first-order chi connectivity index (χ1) is 12.9. The van der Waals surface area contributed by atoms with Crippen LogP contribution in [0.5, 0.6) is 5.75 Å². The van der Waals surface area contributed by atoms with Gasteiger partial charge in [0.2, 0.25) is 0 Å². The van der Waals surface area contributed by atoms with Gasteiger partial charge in [-0.15, -0.1) is 0 Å². The minimum Gasteiger partial charge on any atom is -0.489 e. The van der Waals surface area contributed by atoms with Gasteiger partial charge in [-0.3, -0.25) is 4.99 Å². The van der Waals surface area contributed by atoms with Crippen LogP contribution in [-0.4, -0.2) is 32.5 Å². The minimum atomic E-state index is -0.296. The number of hydrogen-bond acceptors (Lipinski definition) is 5. The molecule has 27 heavy (non-hydrogen) atoms. The molecule has 0 aliphatic carbocycles. The molecule has 140 valence electrons. The third-order valence-corrected chi connectivity index (χ3v) is 4.65. The summed E-state index contributed by atoms with van der Waals surface area (Å²) in [4.78, 5) is 16.5.